The molecule has 0 saturated carbocycles. The van der Waals surface area contributed by atoms with Crippen LogP contribution in [0.1, 0.15) is 24.5 Å². The Morgan fingerprint density at radius 3 is 2.71 bits per heavy atom. The van der Waals surface area contributed by atoms with E-state index in [4.69, 9.17) is 11.0 Å². The standard InChI is InChI=1S/C12H14N2/c1-3-10(8-13)12(14)11-6-4-5-9(2)7-11/h4-7H,3,14H2,1-2H3/b12-10-. The Morgan fingerprint density at radius 1 is 1.50 bits per heavy atom. The lowest BCUT2D eigenvalue weighted by atomic mass is 10.0. The minimum absolute atomic E-state index is 0.596. The van der Waals surface area contributed by atoms with E-state index in [2.05, 4.69) is 6.07 Å². The highest BCUT2D eigenvalue weighted by atomic mass is 14.6. The molecule has 1 aromatic carbocycles. The molecule has 0 saturated heterocycles. The monoisotopic (exact) mass is 186 g/mol. The normalized spacial score (nSPS) is 11.8. The van der Waals surface area contributed by atoms with Crippen LogP contribution in [0.2, 0.25) is 0 Å². The lowest BCUT2D eigenvalue weighted by Gasteiger charge is -2.04. The summed E-state index contributed by atoms with van der Waals surface area (Å²) in [7, 11) is 0. The number of nitrogens with two attached hydrogens (primary N) is 1. The molecule has 0 aliphatic heterocycles. The molecule has 2 N–H and O–H groups in total. The summed E-state index contributed by atoms with van der Waals surface area (Å²) in [5, 5.41) is 8.84. The fraction of sp³-hybridized carbons (Fsp3) is 0.250. The van der Waals surface area contributed by atoms with Crippen molar-refractivity contribution < 1.29 is 0 Å². The van der Waals surface area contributed by atoms with Gasteiger partial charge < -0.3 is 5.73 Å². The lowest BCUT2D eigenvalue weighted by Crippen LogP contribution is -2.00. The number of aryl methyl sites for hydroxylation is 1. The van der Waals surface area contributed by atoms with Gasteiger partial charge in [-0.15, -0.1) is 0 Å². The number of hydrogen-bond donors (Lipinski definition) is 1. The van der Waals surface area contributed by atoms with E-state index in [1.54, 1.807) is 0 Å². The summed E-state index contributed by atoms with van der Waals surface area (Å²) >= 11 is 0. The predicted octanol–water partition coefficient (Wildman–Crippen LogP) is 2.60. The van der Waals surface area contributed by atoms with E-state index in [1.807, 2.05) is 38.1 Å². The largest absolute Gasteiger partial charge is 0.397 e. The summed E-state index contributed by atoms with van der Waals surface area (Å²) in [6, 6.07) is 9.99. The van der Waals surface area contributed by atoms with Crippen LogP contribution < -0.4 is 5.73 Å². The fourth-order valence-electron chi connectivity index (χ4n) is 1.32. The molecule has 0 aromatic heterocycles. The molecule has 0 unspecified atom stereocenters. The summed E-state index contributed by atoms with van der Waals surface area (Å²) in [4.78, 5) is 0. The van der Waals surface area contributed by atoms with E-state index in [0.29, 0.717) is 17.7 Å². The van der Waals surface area contributed by atoms with Crippen LogP contribution in [0.3, 0.4) is 0 Å². The number of nitrogens with zero attached hydrogens (tertiary/aromatic N) is 1. The first-order chi connectivity index (χ1) is 6.69. The Labute approximate surface area is 84.7 Å². The van der Waals surface area contributed by atoms with E-state index in [-0.39, 0.29) is 0 Å². The van der Waals surface area contributed by atoms with Gasteiger partial charge in [0.15, 0.2) is 0 Å². The van der Waals surface area contributed by atoms with Crippen LogP contribution in [-0.4, -0.2) is 0 Å². The van der Waals surface area contributed by atoms with Gasteiger partial charge in [0.1, 0.15) is 0 Å². The third kappa shape index (κ3) is 2.14. The molecule has 0 heterocycles. The molecule has 0 spiro atoms. The van der Waals surface area contributed by atoms with Gasteiger partial charge in [0.2, 0.25) is 0 Å². The zero-order chi connectivity index (χ0) is 10.6. The van der Waals surface area contributed by atoms with Gasteiger partial charge in [0, 0.05) is 0 Å². The van der Waals surface area contributed by atoms with Gasteiger partial charge >= 0.3 is 0 Å². The molecule has 0 aliphatic carbocycles. The van der Waals surface area contributed by atoms with Crippen molar-refractivity contribution in [3.8, 4) is 6.07 Å². The average molecular weight is 186 g/mol. The van der Waals surface area contributed by atoms with Crippen molar-refractivity contribution in [1.29, 1.82) is 5.26 Å². The molecule has 0 atom stereocenters. The Morgan fingerprint density at radius 2 is 2.21 bits per heavy atom. The first-order valence-electron chi connectivity index (χ1n) is 4.64. The van der Waals surface area contributed by atoms with Crippen LogP contribution >= 0.6 is 0 Å². The molecule has 72 valence electrons. The molecular weight excluding hydrogens is 172 g/mol. The van der Waals surface area contributed by atoms with Gasteiger partial charge in [-0.1, -0.05) is 30.7 Å². The van der Waals surface area contributed by atoms with Crippen molar-refractivity contribution >= 4 is 5.70 Å². The smallest absolute Gasteiger partial charge is 0.0968 e. The van der Waals surface area contributed by atoms with Crippen molar-refractivity contribution in [2.75, 3.05) is 0 Å². The minimum Gasteiger partial charge on any atom is -0.397 e. The zero-order valence-electron chi connectivity index (χ0n) is 8.54. The van der Waals surface area contributed by atoms with Gasteiger partial charge in [0.25, 0.3) is 0 Å². The van der Waals surface area contributed by atoms with Crippen LogP contribution in [0, 0.1) is 18.3 Å². The highest BCUT2D eigenvalue weighted by Gasteiger charge is 2.03. The second kappa shape index (κ2) is 4.48. The predicted molar refractivity (Wildman–Crippen MR) is 58.2 cm³/mol. The molecule has 0 radical (unpaired) electrons. The molecule has 0 amide bonds. The third-order valence-corrected chi connectivity index (χ3v) is 2.14. The summed E-state index contributed by atoms with van der Waals surface area (Å²) in [5.41, 5.74) is 9.22. The van der Waals surface area contributed by atoms with Crippen LogP contribution in [0.4, 0.5) is 0 Å². The Kier molecular flexibility index (Phi) is 3.30. The summed E-state index contributed by atoms with van der Waals surface area (Å²) in [5.74, 6) is 0. The molecule has 0 bridgehead atoms. The van der Waals surface area contributed by atoms with Gasteiger partial charge in [-0.05, 0) is 25.0 Å². The lowest BCUT2D eigenvalue weighted by molar-refractivity contribution is 1.14. The summed E-state index contributed by atoms with van der Waals surface area (Å²) in [6.07, 6.45) is 0.677. The molecule has 2 heteroatoms. The van der Waals surface area contributed by atoms with Gasteiger partial charge in [-0.2, -0.15) is 5.26 Å². The number of allylic oxidation sites excluding steroid dienone is 1. The second-order valence-electron chi connectivity index (χ2n) is 3.23. The molecular formula is C12H14N2. The Balaban J connectivity index is 3.18. The van der Waals surface area contributed by atoms with E-state index in [1.165, 1.54) is 0 Å². The van der Waals surface area contributed by atoms with Crippen LogP contribution in [0.5, 0.6) is 0 Å². The van der Waals surface area contributed by atoms with Crippen LogP contribution in [0.15, 0.2) is 29.8 Å². The average Bonchev–Trinajstić information content (AvgIpc) is 2.19. The van der Waals surface area contributed by atoms with Crippen molar-refractivity contribution in [2.45, 2.75) is 20.3 Å². The number of benzene rings is 1. The van der Waals surface area contributed by atoms with E-state index < -0.39 is 0 Å². The molecule has 0 fully saturated rings. The molecule has 1 aromatic rings. The Hall–Kier alpha value is -1.75. The first kappa shape index (κ1) is 10.3. The van der Waals surface area contributed by atoms with Gasteiger partial charge in [-0.25, -0.2) is 0 Å². The third-order valence-electron chi connectivity index (χ3n) is 2.14. The summed E-state index contributed by atoms with van der Waals surface area (Å²) < 4.78 is 0. The minimum atomic E-state index is 0.596. The summed E-state index contributed by atoms with van der Waals surface area (Å²) in [6.45, 7) is 3.94. The van der Waals surface area contributed by atoms with E-state index in [9.17, 15) is 0 Å². The van der Waals surface area contributed by atoms with E-state index >= 15 is 0 Å². The van der Waals surface area contributed by atoms with Gasteiger partial charge in [-0.3, -0.25) is 0 Å². The van der Waals surface area contributed by atoms with Gasteiger partial charge in [0.05, 0.1) is 17.3 Å². The van der Waals surface area contributed by atoms with Crippen LogP contribution in [-0.2, 0) is 0 Å². The number of nitriles is 1. The molecule has 14 heavy (non-hydrogen) atoms. The maximum absolute atomic E-state index is 8.84. The van der Waals surface area contributed by atoms with Crippen molar-refractivity contribution in [3.05, 3.63) is 41.0 Å². The zero-order valence-corrected chi connectivity index (χ0v) is 8.54. The SMILES string of the molecule is CC/C(C#N)=C(/N)c1cccc(C)c1. The van der Waals surface area contributed by atoms with Crippen molar-refractivity contribution in [2.24, 2.45) is 5.73 Å². The van der Waals surface area contributed by atoms with Crippen molar-refractivity contribution in [1.82, 2.24) is 0 Å². The topological polar surface area (TPSA) is 49.8 Å². The molecule has 0 aliphatic rings. The number of rotatable bonds is 2. The maximum Gasteiger partial charge on any atom is 0.0968 e. The van der Waals surface area contributed by atoms with Crippen LogP contribution in [0.25, 0.3) is 5.70 Å². The highest BCUT2D eigenvalue weighted by Crippen LogP contribution is 2.16. The van der Waals surface area contributed by atoms with E-state index in [0.717, 1.165) is 11.1 Å². The van der Waals surface area contributed by atoms with Crippen molar-refractivity contribution in [3.63, 3.8) is 0 Å². The second-order valence-corrected chi connectivity index (χ2v) is 3.23. The fourth-order valence-corrected chi connectivity index (χ4v) is 1.32. The molecule has 1 rings (SSSR count). The molecule has 2 nitrogen and oxygen atoms in total. The quantitative estimate of drug-likeness (QED) is 0.722. The number of hydrogen-bond acceptors (Lipinski definition) is 2. The Bertz CT molecular complexity index is 397. The first-order valence-corrected chi connectivity index (χ1v) is 4.64. The maximum atomic E-state index is 8.84. The highest BCUT2D eigenvalue weighted by molar-refractivity contribution is 5.69.